The van der Waals surface area contributed by atoms with E-state index in [1.807, 2.05) is 18.4 Å². The van der Waals surface area contributed by atoms with Crippen molar-refractivity contribution in [2.45, 2.75) is 31.7 Å². The van der Waals surface area contributed by atoms with Crippen LogP contribution in [0.15, 0.2) is 18.2 Å². The lowest BCUT2D eigenvalue weighted by molar-refractivity contribution is -0.145. The second-order valence-corrected chi connectivity index (χ2v) is 6.48. The SMILES string of the molecule is COC(=O)[C@@H](CCSC)NC(=O)COc1ccc2c(c1)CCC2. The molecule has 1 atom stereocenters. The molecule has 6 heteroatoms. The molecule has 2 rings (SSSR count). The number of amides is 1. The molecule has 0 saturated carbocycles. The highest BCUT2D eigenvalue weighted by Crippen LogP contribution is 2.25. The molecule has 1 aromatic rings. The predicted molar refractivity (Wildman–Crippen MR) is 90.9 cm³/mol. The van der Waals surface area contributed by atoms with Crippen LogP contribution in [0, 0.1) is 0 Å². The number of carbonyl (C=O) groups is 2. The number of ether oxygens (including phenoxy) is 2. The highest BCUT2D eigenvalue weighted by Gasteiger charge is 2.21. The maximum Gasteiger partial charge on any atom is 0.328 e. The van der Waals surface area contributed by atoms with Gasteiger partial charge in [-0.2, -0.15) is 11.8 Å². The van der Waals surface area contributed by atoms with E-state index in [1.54, 1.807) is 11.8 Å². The maximum absolute atomic E-state index is 12.0. The van der Waals surface area contributed by atoms with Gasteiger partial charge in [0.2, 0.25) is 0 Å². The van der Waals surface area contributed by atoms with Gasteiger partial charge >= 0.3 is 5.97 Å². The number of nitrogens with one attached hydrogen (secondary N) is 1. The fourth-order valence-corrected chi connectivity index (χ4v) is 3.12. The third-order valence-corrected chi connectivity index (χ3v) is 4.52. The Hall–Kier alpha value is -1.69. The largest absolute Gasteiger partial charge is 0.484 e. The van der Waals surface area contributed by atoms with Crippen molar-refractivity contribution in [2.75, 3.05) is 25.7 Å². The maximum atomic E-state index is 12.0. The summed E-state index contributed by atoms with van der Waals surface area (Å²) >= 11 is 1.62. The fraction of sp³-hybridized carbons (Fsp3) is 0.529. The van der Waals surface area contributed by atoms with E-state index in [-0.39, 0.29) is 12.5 Å². The van der Waals surface area contributed by atoms with E-state index in [4.69, 9.17) is 9.47 Å². The van der Waals surface area contributed by atoms with Gasteiger partial charge in [0, 0.05) is 0 Å². The normalized spacial score (nSPS) is 14.0. The second kappa shape index (κ2) is 8.82. The minimum atomic E-state index is -0.622. The zero-order valence-electron chi connectivity index (χ0n) is 13.6. The van der Waals surface area contributed by atoms with Gasteiger partial charge in [0.05, 0.1) is 7.11 Å². The first-order valence-electron chi connectivity index (χ1n) is 7.74. The van der Waals surface area contributed by atoms with Crippen LogP contribution in [0.25, 0.3) is 0 Å². The number of rotatable bonds is 8. The average molecular weight is 337 g/mol. The number of methoxy groups -OCH3 is 1. The van der Waals surface area contributed by atoms with Gasteiger partial charge in [-0.15, -0.1) is 0 Å². The van der Waals surface area contributed by atoms with E-state index < -0.39 is 12.0 Å². The summed E-state index contributed by atoms with van der Waals surface area (Å²) in [6.07, 6.45) is 5.85. The van der Waals surface area contributed by atoms with E-state index in [2.05, 4.69) is 11.4 Å². The average Bonchev–Trinajstić information content (AvgIpc) is 3.03. The third-order valence-electron chi connectivity index (χ3n) is 3.87. The molecule has 0 aliphatic heterocycles. The number of carbonyl (C=O) groups excluding carboxylic acids is 2. The molecule has 0 heterocycles. The summed E-state index contributed by atoms with van der Waals surface area (Å²) in [4.78, 5) is 23.7. The van der Waals surface area contributed by atoms with Gasteiger partial charge in [0.15, 0.2) is 6.61 Å². The van der Waals surface area contributed by atoms with Gasteiger partial charge in [-0.1, -0.05) is 6.07 Å². The molecular formula is C17H23NO4S. The number of hydrogen-bond acceptors (Lipinski definition) is 5. The summed E-state index contributed by atoms with van der Waals surface area (Å²) in [7, 11) is 1.32. The topological polar surface area (TPSA) is 64.6 Å². The summed E-state index contributed by atoms with van der Waals surface area (Å²) in [5.41, 5.74) is 2.67. The molecule has 5 nitrogen and oxygen atoms in total. The monoisotopic (exact) mass is 337 g/mol. The first-order valence-corrected chi connectivity index (χ1v) is 9.14. The van der Waals surface area contributed by atoms with Crippen LogP contribution in [0.3, 0.4) is 0 Å². The summed E-state index contributed by atoms with van der Waals surface area (Å²) in [5.74, 6) is 0.720. The smallest absolute Gasteiger partial charge is 0.328 e. The molecule has 1 N–H and O–H groups in total. The number of fused-ring (bicyclic) bond motifs is 1. The molecule has 0 radical (unpaired) electrons. The highest BCUT2D eigenvalue weighted by molar-refractivity contribution is 7.98. The molecule has 1 aromatic carbocycles. The molecule has 1 amide bonds. The molecule has 126 valence electrons. The Morgan fingerprint density at radius 2 is 2.09 bits per heavy atom. The first kappa shape index (κ1) is 17.7. The van der Waals surface area contributed by atoms with Crippen LogP contribution in [-0.2, 0) is 27.2 Å². The van der Waals surface area contributed by atoms with E-state index in [0.717, 1.165) is 18.6 Å². The van der Waals surface area contributed by atoms with Crippen molar-refractivity contribution in [2.24, 2.45) is 0 Å². The van der Waals surface area contributed by atoms with Gasteiger partial charge in [-0.25, -0.2) is 4.79 Å². The van der Waals surface area contributed by atoms with Crippen LogP contribution < -0.4 is 10.1 Å². The van der Waals surface area contributed by atoms with Crippen molar-refractivity contribution in [1.82, 2.24) is 5.32 Å². The fourth-order valence-electron chi connectivity index (χ4n) is 2.65. The van der Waals surface area contributed by atoms with Crippen molar-refractivity contribution >= 4 is 23.6 Å². The lowest BCUT2D eigenvalue weighted by Gasteiger charge is -2.16. The molecule has 0 bridgehead atoms. The molecule has 1 aliphatic carbocycles. The summed E-state index contributed by atoms with van der Waals surface area (Å²) in [6.45, 7) is -0.106. The standard InChI is InChI=1S/C17H23NO4S/c1-21-17(20)15(8-9-23-2)18-16(19)11-22-14-7-6-12-4-3-5-13(12)10-14/h6-7,10,15H,3-5,8-9,11H2,1-2H3,(H,18,19)/t15-/m1/s1. The summed E-state index contributed by atoms with van der Waals surface area (Å²) in [6, 6.07) is 5.33. The Morgan fingerprint density at radius 3 is 2.83 bits per heavy atom. The molecular weight excluding hydrogens is 314 g/mol. The third kappa shape index (κ3) is 5.16. The molecule has 0 fully saturated rings. The Balaban J connectivity index is 1.84. The Bertz CT molecular complexity index is 562. The molecule has 0 unspecified atom stereocenters. The van der Waals surface area contributed by atoms with Gasteiger partial charge in [-0.3, -0.25) is 4.79 Å². The minimum absolute atomic E-state index is 0.106. The van der Waals surface area contributed by atoms with Crippen LogP contribution in [0.4, 0.5) is 0 Å². The lowest BCUT2D eigenvalue weighted by atomic mass is 10.1. The van der Waals surface area contributed by atoms with Gasteiger partial charge < -0.3 is 14.8 Å². The zero-order valence-corrected chi connectivity index (χ0v) is 14.4. The Labute approximate surface area is 141 Å². The highest BCUT2D eigenvalue weighted by atomic mass is 32.2. The minimum Gasteiger partial charge on any atom is -0.484 e. The van der Waals surface area contributed by atoms with Crippen molar-refractivity contribution in [3.05, 3.63) is 29.3 Å². The summed E-state index contributed by atoms with van der Waals surface area (Å²) in [5, 5.41) is 2.67. The Kier molecular flexibility index (Phi) is 6.77. The molecule has 1 aliphatic rings. The Morgan fingerprint density at radius 1 is 1.30 bits per heavy atom. The predicted octanol–water partition coefficient (Wildman–Crippen LogP) is 1.96. The molecule has 23 heavy (non-hydrogen) atoms. The van der Waals surface area contributed by atoms with E-state index in [9.17, 15) is 9.59 Å². The van der Waals surface area contributed by atoms with E-state index in [0.29, 0.717) is 12.2 Å². The number of aryl methyl sites for hydroxylation is 2. The summed E-state index contributed by atoms with van der Waals surface area (Å²) < 4.78 is 10.3. The molecule has 0 saturated heterocycles. The molecule has 0 spiro atoms. The van der Waals surface area contributed by atoms with Gasteiger partial charge in [-0.05, 0) is 61.0 Å². The van der Waals surface area contributed by atoms with E-state index in [1.165, 1.54) is 24.7 Å². The second-order valence-electron chi connectivity index (χ2n) is 5.50. The van der Waals surface area contributed by atoms with Crippen LogP contribution >= 0.6 is 11.8 Å². The molecule has 0 aromatic heterocycles. The number of hydrogen-bond donors (Lipinski definition) is 1. The number of esters is 1. The van der Waals surface area contributed by atoms with Crippen LogP contribution in [0.2, 0.25) is 0 Å². The van der Waals surface area contributed by atoms with Crippen molar-refractivity contribution < 1.29 is 19.1 Å². The van der Waals surface area contributed by atoms with Crippen molar-refractivity contribution in [3.8, 4) is 5.75 Å². The van der Waals surface area contributed by atoms with Crippen molar-refractivity contribution in [1.29, 1.82) is 0 Å². The van der Waals surface area contributed by atoms with Crippen LogP contribution in [-0.4, -0.2) is 43.6 Å². The van der Waals surface area contributed by atoms with Gasteiger partial charge in [0.25, 0.3) is 5.91 Å². The zero-order chi connectivity index (χ0) is 16.7. The van der Waals surface area contributed by atoms with E-state index >= 15 is 0 Å². The van der Waals surface area contributed by atoms with Crippen molar-refractivity contribution in [3.63, 3.8) is 0 Å². The lowest BCUT2D eigenvalue weighted by Crippen LogP contribution is -2.43. The number of benzene rings is 1. The van der Waals surface area contributed by atoms with Crippen LogP contribution in [0.1, 0.15) is 24.0 Å². The van der Waals surface area contributed by atoms with Crippen LogP contribution in [0.5, 0.6) is 5.75 Å². The number of thioether (sulfide) groups is 1. The quantitative estimate of drug-likeness (QED) is 0.735. The first-order chi connectivity index (χ1) is 11.1. The van der Waals surface area contributed by atoms with Gasteiger partial charge in [0.1, 0.15) is 11.8 Å².